The van der Waals surface area contributed by atoms with E-state index in [9.17, 15) is 0 Å². The zero-order chi connectivity index (χ0) is 23.9. The molecule has 0 radical (unpaired) electrons. The second kappa shape index (κ2) is 8.80. The molecule has 4 aromatic rings. The summed E-state index contributed by atoms with van der Waals surface area (Å²) in [7, 11) is 3.29. The monoisotopic (exact) mass is 460 g/mol. The lowest BCUT2D eigenvalue weighted by Gasteiger charge is -2.44. The van der Waals surface area contributed by atoms with Gasteiger partial charge in [0.25, 0.3) is 0 Å². The molecule has 0 spiro atoms. The van der Waals surface area contributed by atoms with Gasteiger partial charge in [0, 0.05) is 24.1 Å². The Hall–Kier alpha value is -3.32. The third kappa shape index (κ3) is 3.94. The summed E-state index contributed by atoms with van der Waals surface area (Å²) in [6.45, 7) is 7.31. The lowest BCUT2D eigenvalue weighted by molar-refractivity contribution is -0.0597. The van der Waals surface area contributed by atoms with Crippen molar-refractivity contribution in [2.24, 2.45) is 0 Å². The molecule has 1 aliphatic rings. The van der Waals surface area contributed by atoms with E-state index in [1.165, 1.54) is 5.56 Å². The Morgan fingerprint density at radius 1 is 1.09 bits per heavy atom. The Balaban J connectivity index is 1.70. The first kappa shape index (κ1) is 22.5. The summed E-state index contributed by atoms with van der Waals surface area (Å²) in [5, 5.41) is 0.982. The molecular formula is C27H32N4O3. The highest BCUT2D eigenvalue weighted by molar-refractivity contribution is 6.09. The Morgan fingerprint density at radius 2 is 1.82 bits per heavy atom. The molecule has 7 nitrogen and oxygen atoms in total. The van der Waals surface area contributed by atoms with Crippen LogP contribution in [0.4, 0.5) is 5.82 Å². The van der Waals surface area contributed by atoms with E-state index in [0.717, 1.165) is 47.2 Å². The molecule has 0 amide bonds. The molecule has 0 saturated carbocycles. The van der Waals surface area contributed by atoms with Gasteiger partial charge in [-0.15, -0.1) is 0 Å². The zero-order valence-corrected chi connectivity index (χ0v) is 20.5. The second-order valence-electron chi connectivity index (χ2n) is 9.55. The molecule has 2 aromatic carbocycles. The maximum Gasteiger partial charge on any atom is 0.162 e. The van der Waals surface area contributed by atoms with E-state index < -0.39 is 0 Å². The highest BCUT2D eigenvalue weighted by Gasteiger charge is 2.36. The molecule has 1 fully saturated rings. The zero-order valence-electron chi connectivity index (χ0n) is 20.5. The number of rotatable bonds is 6. The smallest absolute Gasteiger partial charge is 0.162 e. The third-order valence-corrected chi connectivity index (χ3v) is 6.87. The summed E-state index contributed by atoms with van der Waals surface area (Å²) in [4.78, 5) is 15.5. The molecule has 7 heteroatoms. The molecule has 1 N–H and O–H groups in total. The van der Waals surface area contributed by atoms with Crippen LogP contribution in [-0.2, 0) is 4.74 Å². The van der Waals surface area contributed by atoms with Crippen LogP contribution in [-0.4, -0.2) is 47.4 Å². The van der Waals surface area contributed by atoms with Crippen LogP contribution in [0.5, 0.6) is 11.5 Å². The first-order valence-electron chi connectivity index (χ1n) is 11.8. The van der Waals surface area contributed by atoms with Gasteiger partial charge in [0.1, 0.15) is 17.4 Å². The summed E-state index contributed by atoms with van der Waals surface area (Å²) < 4.78 is 17.1. The number of nitrogens with one attached hydrogen (secondary N) is 1. The Kier molecular flexibility index (Phi) is 5.81. The maximum absolute atomic E-state index is 6.06. The first-order chi connectivity index (χ1) is 16.4. The number of benzene rings is 2. The summed E-state index contributed by atoms with van der Waals surface area (Å²) in [6, 6.07) is 14.9. The van der Waals surface area contributed by atoms with E-state index in [2.05, 4.69) is 66.0 Å². The van der Waals surface area contributed by atoms with Gasteiger partial charge in [-0.2, -0.15) is 0 Å². The van der Waals surface area contributed by atoms with Crippen molar-refractivity contribution in [3.8, 4) is 11.5 Å². The van der Waals surface area contributed by atoms with Gasteiger partial charge in [-0.05, 0) is 45.2 Å². The number of nitrogens with zero attached hydrogens (tertiary/aromatic N) is 3. The minimum atomic E-state index is -0.190. The number of aromatic nitrogens is 3. The Labute approximate surface area is 200 Å². The van der Waals surface area contributed by atoms with Crippen LogP contribution in [0, 0.1) is 0 Å². The lowest BCUT2D eigenvalue weighted by Crippen LogP contribution is -2.47. The minimum Gasteiger partial charge on any atom is -0.493 e. The van der Waals surface area contributed by atoms with Crippen molar-refractivity contribution in [2.45, 2.75) is 51.3 Å². The summed E-state index contributed by atoms with van der Waals surface area (Å²) >= 11 is 0. The maximum atomic E-state index is 6.06. The average molecular weight is 461 g/mol. The largest absolute Gasteiger partial charge is 0.493 e. The minimum absolute atomic E-state index is 0.119. The van der Waals surface area contributed by atoms with Crippen LogP contribution in [0.25, 0.3) is 21.9 Å². The van der Waals surface area contributed by atoms with E-state index in [1.54, 1.807) is 20.5 Å². The SMILES string of the molecule is COc1cc2[nH]c3c(N(C4CCOC(C)(C)C4)C(C)c4ccccc4)ncnc3c2cc1OC. The van der Waals surface area contributed by atoms with Gasteiger partial charge in [-0.1, -0.05) is 30.3 Å². The van der Waals surface area contributed by atoms with E-state index in [-0.39, 0.29) is 17.7 Å². The molecule has 34 heavy (non-hydrogen) atoms. The second-order valence-corrected chi connectivity index (χ2v) is 9.55. The van der Waals surface area contributed by atoms with Gasteiger partial charge < -0.3 is 24.1 Å². The fourth-order valence-corrected chi connectivity index (χ4v) is 5.21. The molecule has 5 rings (SSSR count). The van der Waals surface area contributed by atoms with Crippen molar-refractivity contribution in [1.82, 2.24) is 15.0 Å². The molecule has 2 unspecified atom stereocenters. The molecule has 1 aliphatic heterocycles. The molecule has 0 aliphatic carbocycles. The van der Waals surface area contributed by atoms with Crippen molar-refractivity contribution in [2.75, 3.05) is 25.7 Å². The first-order valence-corrected chi connectivity index (χ1v) is 11.8. The van der Waals surface area contributed by atoms with Crippen LogP contribution in [0.2, 0.25) is 0 Å². The number of methoxy groups -OCH3 is 2. The summed E-state index contributed by atoms with van der Waals surface area (Å²) in [6.07, 6.45) is 3.52. The molecule has 178 valence electrons. The van der Waals surface area contributed by atoms with Crippen molar-refractivity contribution in [3.63, 3.8) is 0 Å². The van der Waals surface area contributed by atoms with Gasteiger partial charge in [-0.25, -0.2) is 9.97 Å². The average Bonchev–Trinajstić information content (AvgIpc) is 3.21. The van der Waals surface area contributed by atoms with Gasteiger partial charge in [0.05, 0.1) is 31.4 Å². The number of ether oxygens (including phenoxy) is 3. The highest BCUT2D eigenvalue weighted by atomic mass is 16.5. The van der Waals surface area contributed by atoms with E-state index >= 15 is 0 Å². The van der Waals surface area contributed by atoms with Crippen LogP contribution in [0.15, 0.2) is 48.8 Å². The van der Waals surface area contributed by atoms with Crippen LogP contribution >= 0.6 is 0 Å². The van der Waals surface area contributed by atoms with E-state index in [1.807, 2.05) is 12.1 Å². The molecule has 3 heterocycles. The van der Waals surface area contributed by atoms with E-state index in [0.29, 0.717) is 11.5 Å². The molecule has 1 saturated heterocycles. The lowest BCUT2D eigenvalue weighted by atomic mass is 9.91. The van der Waals surface area contributed by atoms with E-state index in [4.69, 9.17) is 19.2 Å². The topological polar surface area (TPSA) is 72.5 Å². The number of anilines is 1. The fourth-order valence-electron chi connectivity index (χ4n) is 5.21. The number of fused-ring (bicyclic) bond motifs is 3. The Morgan fingerprint density at radius 3 is 2.53 bits per heavy atom. The van der Waals surface area contributed by atoms with Gasteiger partial charge >= 0.3 is 0 Å². The standard InChI is InChI=1S/C27H32N4O3/c1-17(18-9-7-6-8-10-18)31(19-11-12-34-27(2,3)15-19)26-25-24(28-16-29-26)20-13-22(32-4)23(33-5)14-21(20)30-25/h6-10,13-14,16-17,19,30H,11-12,15H2,1-5H3. The van der Waals surface area contributed by atoms with Crippen LogP contribution in [0.3, 0.4) is 0 Å². The predicted octanol–water partition coefficient (Wildman–Crippen LogP) is 5.65. The van der Waals surface area contributed by atoms with Crippen LogP contribution < -0.4 is 14.4 Å². The molecule has 2 atom stereocenters. The molecule has 2 aromatic heterocycles. The Bertz CT molecular complexity index is 1300. The fraction of sp³-hybridized carbons (Fsp3) is 0.407. The summed E-state index contributed by atoms with van der Waals surface area (Å²) in [5.74, 6) is 2.26. The molecular weight excluding hydrogens is 428 g/mol. The van der Waals surface area contributed by atoms with Gasteiger partial charge in [0.15, 0.2) is 17.3 Å². The summed E-state index contributed by atoms with van der Waals surface area (Å²) in [5.41, 5.74) is 3.79. The van der Waals surface area contributed by atoms with Crippen molar-refractivity contribution >= 4 is 27.8 Å². The molecule has 0 bridgehead atoms. The van der Waals surface area contributed by atoms with Gasteiger partial charge in [-0.3, -0.25) is 0 Å². The quantitative estimate of drug-likeness (QED) is 0.401. The highest BCUT2D eigenvalue weighted by Crippen LogP contribution is 2.41. The number of hydrogen-bond donors (Lipinski definition) is 1. The third-order valence-electron chi connectivity index (χ3n) is 6.87. The van der Waals surface area contributed by atoms with Crippen molar-refractivity contribution < 1.29 is 14.2 Å². The van der Waals surface area contributed by atoms with Crippen molar-refractivity contribution in [3.05, 3.63) is 54.4 Å². The van der Waals surface area contributed by atoms with Crippen LogP contribution in [0.1, 0.15) is 45.2 Å². The number of hydrogen-bond acceptors (Lipinski definition) is 6. The predicted molar refractivity (Wildman–Crippen MR) is 135 cm³/mol. The van der Waals surface area contributed by atoms with Crippen molar-refractivity contribution in [1.29, 1.82) is 0 Å². The van der Waals surface area contributed by atoms with Gasteiger partial charge in [0.2, 0.25) is 0 Å². The number of aromatic amines is 1. The number of H-pyrrole nitrogens is 1. The normalized spacial score (nSPS) is 18.7.